The number of anilines is 1. The molecule has 0 amide bonds. The molecule has 0 saturated carbocycles. The molecule has 1 saturated heterocycles. The predicted octanol–water partition coefficient (Wildman–Crippen LogP) is 2.94. The van der Waals surface area contributed by atoms with Crippen LogP contribution in [0.15, 0.2) is 11.2 Å². The lowest BCUT2D eigenvalue weighted by molar-refractivity contribution is 0.102. The first-order chi connectivity index (χ1) is 13.1. The molecule has 27 heavy (non-hydrogen) atoms. The number of thioether (sulfide) groups is 1. The van der Waals surface area contributed by atoms with Crippen molar-refractivity contribution in [1.82, 2.24) is 19.3 Å². The summed E-state index contributed by atoms with van der Waals surface area (Å²) < 4.78 is 9.73. The van der Waals surface area contributed by atoms with Crippen molar-refractivity contribution in [2.45, 2.75) is 52.4 Å². The van der Waals surface area contributed by atoms with Crippen molar-refractivity contribution in [3.05, 3.63) is 23.0 Å². The molecule has 3 heterocycles. The van der Waals surface area contributed by atoms with E-state index in [-0.39, 0.29) is 5.78 Å². The Morgan fingerprint density at radius 2 is 1.93 bits per heavy atom. The number of ether oxygens (including phenoxy) is 1. The summed E-state index contributed by atoms with van der Waals surface area (Å²) in [5.74, 6) is 1.39. The molecular formula is C19H29N5O2S. The second-order valence-corrected chi connectivity index (χ2v) is 7.72. The molecule has 1 aliphatic heterocycles. The summed E-state index contributed by atoms with van der Waals surface area (Å²) in [6.45, 7) is 13.1. The predicted molar refractivity (Wildman–Crippen MR) is 108 cm³/mol. The molecule has 148 valence electrons. The number of carbonyl (C=O) groups is 1. The van der Waals surface area contributed by atoms with Gasteiger partial charge in [-0.1, -0.05) is 18.7 Å². The van der Waals surface area contributed by atoms with Crippen LogP contribution >= 0.6 is 11.8 Å². The molecule has 1 aliphatic rings. The van der Waals surface area contributed by atoms with E-state index in [1.165, 1.54) is 11.8 Å². The monoisotopic (exact) mass is 391 g/mol. The van der Waals surface area contributed by atoms with Gasteiger partial charge in [0.1, 0.15) is 0 Å². The van der Waals surface area contributed by atoms with Crippen LogP contribution in [0, 0.1) is 13.8 Å². The van der Waals surface area contributed by atoms with Crippen LogP contribution in [0.2, 0.25) is 0 Å². The largest absolute Gasteiger partial charge is 0.378 e. The van der Waals surface area contributed by atoms with Gasteiger partial charge in [-0.05, 0) is 33.3 Å². The third-order valence-electron chi connectivity index (χ3n) is 4.96. The highest BCUT2D eigenvalue weighted by atomic mass is 32.2. The van der Waals surface area contributed by atoms with Crippen LogP contribution in [0.1, 0.15) is 42.0 Å². The molecule has 3 rings (SSSR count). The molecule has 2 aromatic heterocycles. The summed E-state index contributed by atoms with van der Waals surface area (Å²) in [4.78, 5) is 15.0. The molecule has 1 fully saturated rings. The van der Waals surface area contributed by atoms with Crippen molar-refractivity contribution in [3.63, 3.8) is 0 Å². The third kappa shape index (κ3) is 4.21. The van der Waals surface area contributed by atoms with Gasteiger partial charge < -0.3 is 14.2 Å². The van der Waals surface area contributed by atoms with Gasteiger partial charge in [-0.15, -0.1) is 10.2 Å². The van der Waals surface area contributed by atoms with Crippen molar-refractivity contribution < 1.29 is 9.53 Å². The Hall–Kier alpha value is -1.80. The van der Waals surface area contributed by atoms with Crippen molar-refractivity contribution in [3.8, 4) is 0 Å². The molecule has 0 N–H and O–H groups in total. The number of hydrogen-bond acceptors (Lipinski definition) is 6. The maximum atomic E-state index is 12.8. The highest BCUT2D eigenvalue weighted by Gasteiger charge is 2.21. The Morgan fingerprint density at radius 3 is 2.59 bits per heavy atom. The van der Waals surface area contributed by atoms with Crippen LogP contribution in [0.4, 0.5) is 5.95 Å². The van der Waals surface area contributed by atoms with Crippen LogP contribution in [0.3, 0.4) is 0 Å². The summed E-state index contributed by atoms with van der Waals surface area (Å²) in [6, 6.07) is 2.01. The first-order valence-electron chi connectivity index (χ1n) is 9.65. The van der Waals surface area contributed by atoms with Crippen molar-refractivity contribution in [2.24, 2.45) is 0 Å². The van der Waals surface area contributed by atoms with Crippen LogP contribution < -0.4 is 4.90 Å². The number of aryl methyl sites for hydroxylation is 1. The maximum Gasteiger partial charge on any atom is 0.228 e. The van der Waals surface area contributed by atoms with E-state index in [1.54, 1.807) is 0 Å². The molecule has 0 bridgehead atoms. The highest BCUT2D eigenvalue weighted by Crippen LogP contribution is 2.25. The van der Waals surface area contributed by atoms with Crippen molar-refractivity contribution >= 4 is 23.5 Å². The molecular weight excluding hydrogens is 362 g/mol. The lowest BCUT2D eigenvalue weighted by Gasteiger charge is -2.27. The Kier molecular flexibility index (Phi) is 6.59. The molecule has 0 atom stereocenters. The maximum absolute atomic E-state index is 12.8. The van der Waals surface area contributed by atoms with Gasteiger partial charge in [0.15, 0.2) is 10.9 Å². The minimum absolute atomic E-state index is 0.147. The second kappa shape index (κ2) is 8.93. The standard InChI is InChI=1S/C19H29N5O2S/c1-5-7-24-14(3)12-16(15(24)4)17(25)13-27-19-21-20-18(23(19)6-2)22-8-10-26-11-9-22/h12H,5-11,13H2,1-4H3. The van der Waals surface area contributed by atoms with E-state index in [2.05, 4.69) is 45.0 Å². The molecule has 2 aromatic rings. The second-order valence-electron chi connectivity index (χ2n) is 6.77. The summed E-state index contributed by atoms with van der Waals surface area (Å²) in [6.07, 6.45) is 1.06. The Morgan fingerprint density at radius 1 is 1.19 bits per heavy atom. The van der Waals surface area contributed by atoms with Crippen LogP contribution in [0.5, 0.6) is 0 Å². The number of nitrogens with zero attached hydrogens (tertiary/aromatic N) is 5. The lowest BCUT2D eigenvalue weighted by Crippen LogP contribution is -2.38. The van der Waals surface area contributed by atoms with Gasteiger partial charge in [0, 0.05) is 43.1 Å². The first-order valence-corrected chi connectivity index (χ1v) is 10.6. The number of hydrogen-bond donors (Lipinski definition) is 0. The Labute approximate surface area is 165 Å². The summed E-state index contributed by atoms with van der Waals surface area (Å²) in [7, 11) is 0. The topological polar surface area (TPSA) is 65.2 Å². The van der Waals surface area contributed by atoms with Gasteiger partial charge in [0.2, 0.25) is 5.95 Å². The number of Topliss-reactive ketones (excluding diaryl/α,β-unsaturated/α-hetero) is 1. The van der Waals surface area contributed by atoms with Gasteiger partial charge in [-0.25, -0.2) is 0 Å². The van der Waals surface area contributed by atoms with Gasteiger partial charge in [0.05, 0.1) is 19.0 Å². The highest BCUT2D eigenvalue weighted by molar-refractivity contribution is 7.99. The summed E-state index contributed by atoms with van der Waals surface area (Å²) in [5.41, 5.74) is 3.03. The zero-order valence-corrected chi connectivity index (χ0v) is 17.5. The average molecular weight is 392 g/mol. The van der Waals surface area contributed by atoms with E-state index >= 15 is 0 Å². The fourth-order valence-electron chi connectivity index (χ4n) is 3.52. The smallest absolute Gasteiger partial charge is 0.228 e. The normalized spacial score (nSPS) is 14.7. The third-order valence-corrected chi connectivity index (χ3v) is 5.93. The van der Waals surface area contributed by atoms with Crippen LogP contribution in [-0.2, 0) is 17.8 Å². The average Bonchev–Trinajstić information content (AvgIpc) is 3.22. The van der Waals surface area contributed by atoms with Gasteiger partial charge in [-0.2, -0.15) is 0 Å². The fourth-order valence-corrected chi connectivity index (χ4v) is 4.40. The zero-order chi connectivity index (χ0) is 19.4. The van der Waals surface area contributed by atoms with E-state index < -0.39 is 0 Å². The number of rotatable bonds is 8. The molecule has 0 radical (unpaired) electrons. The van der Waals surface area contributed by atoms with Crippen molar-refractivity contribution in [1.29, 1.82) is 0 Å². The Bertz CT molecular complexity index is 792. The zero-order valence-electron chi connectivity index (χ0n) is 16.7. The van der Waals surface area contributed by atoms with Crippen LogP contribution in [0.25, 0.3) is 0 Å². The van der Waals surface area contributed by atoms with Crippen LogP contribution in [-0.4, -0.2) is 57.2 Å². The SMILES string of the molecule is CCCn1c(C)cc(C(=O)CSc2nnc(N3CCOCC3)n2CC)c1C. The Balaban J connectivity index is 1.70. The lowest BCUT2D eigenvalue weighted by atomic mass is 10.2. The fraction of sp³-hybridized carbons (Fsp3) is 0.632. The number of ketones is 1. The quantitative estimate of drug-likeness (QED) is 0.509. The summed E-state index contributed by atoms with van der Waals surface area (Å²) >= 11 is 1.47. The van der Waals surface area contributed by atoms with E-state index in [4.69, 9.17) is 4.74 Å². The molecule has 0 aromatic carbocycles. The number of aromatic nitrogens is 4. The summed E-state index contributed by atoms with van der Waals surface area (Å²) in [5, 5.41) is 9.51. The molecule has 7 nitrogen and oxygen atoms in total. The van der Waals surface area contributed by atoms with E-state index in [0.717, 1.165) is 60.7 Å². The number of carbonyl (C=O) groups excluding carboxylic acids is 1. The van der Waals surface area contributed by atoms with Gasteiger partial charge >= 0.3 is 0 Å². The van der Waals surface area contributed by atoms with Crippen molar-refractivity contribution in [2.75, 3.05) is 37.0 Å². The molecule has 0 unspecified atom stereocenters. The molecule has 0 aliphatic carbocycles. The van der Waals surface area contributed by atoms with Gasteiger partial charge in [-0.3, -0.25) is 9.36 Å². The van der Waals surface area contributed by atoms with E-state index in [0.29, 0.717) is 19.0 Å². The first kappa shape index (κ1) is 19.9. The minimum Gasteiger partial charge on any atom is -0.378 e. The van der Waals surface area contributed by atoms with E-state index in [1.807, 2.05) is 13.0 Å². The minimum atomic E-state index is 0.147. The molecule has 8 heteroatoms. The van der Waals surface area contributed by atoms with Gasteiger partial charge in [0.25, 0.3) is 0 Å². The molecule has 0 spiro atoms. The number of morpholine rings is 1. The van der Waals surface area contributed by atoms with E-state index in [9.17, 15) is 4.79 Å².